The first kappa shape index (κ1) is 20.6. The molecule has 142 valence electrons. The molecule has 2 atom stereocenters. The summed E-state index contributed by atoms with van der Waals surface area (Å²) in [6.45, 7) is 4.08. The van der Waals surface area contributed by atoms with Crippen molar-refractivity contribution >= 4 is 11.5 Å². The summed E-state index contributed by atoms with van der Waals surface area (Å²) in [5.74, 6) is -1.08. The molecule has 0 aliphatic heterocycles. The number of benzene rings is 2. The molecule has 2 aromatic rings. The molecule has 0 heterocycles. The number of carbonyl (C=O) groups is 1. The number of carboxylic acids is 1. The largest absolute Gasteiger partial charge is 0.481 e. The number of allylic oxidation sites excluding steroid dienone is 2. The SMILES string of the molecule is Cc1ccc(C(=C/C=C/[C@@H](O)C[C@@H](O)CC(=O)O)c2ccc(C)cc2)cc1. The maximum absolute atomic E-state index is 10.6. The lowest BCUT2D eigenvalue weighted by Gasteiger charge is -2.11. The predicted molar refractivity (Wildman–Crippen MR) is 107 cm³/mol. The first-order valence-corrected chi connectivity index (χ1v) is 8.95. The van der Waals surface area contributed by atoms with E-state index in [1.54, 1.807) is 12.2 Å². The van der Waals surface area contributed by atoms with Gasteiger partial charge in [0.25, 0.3) is 0 Å². The average molecular weight is 366 g/mol. The summed E-state index contributed by atoms with van der Waals surface area (Å²) in [6, 6.07) is 16.4. The summed E-state index contributed by atoms with van der Waals surface area (Å²) >= 11 is 0. The van der Waals surface area contributed by atoms with Crippen molar-refractivity contribution in [1.29, 1.82) is 0 Å². The van der Waals surface area contributed by atoms with Crippen LogP contribution < -0.4 is 0 Å². The van der Waals surface area contributed by atoms with E-state index in [1.165, 1.54) is 11.1 Å². The first-order valence-electron chi connectivity index (χ1n) is 8.95. The molecule has 0 aliphatic carbocycles. The minimum absolute atomic E-state index is 0.0129. The number of hydrogen-bond donors (Lipinski definition) is 3. The third kappa shape index (κ3) is 6.85. The van der Waals surface area contributed by atoms with Gasteiger partial charge in [-0.25, -0.2) is 0 Å². The van der Waals surface area contributed by atoms with Gasteiger partial charge in [-0.3, -0.25) is 4.79 Å². The van der Waals surface area contributed by atoms with E-state index in [0.29, 0.717) is 0 Å². The zero-order chi connectivity index (χ0) is 19.8. The fourth-order valence-corrected chi connectivity index (χ4v) is 2.75. The van der Waals surface area contributed by atoms with E-state index >= 15 is 0 Å². The molecule has 0 unspecified atom stereocenters. The highest BCUT2D eigenvalue weighted by Crippen LogP contribution is 2.24. The summed E-state index contributed by atoms with van der Waals surface area (Å²) in [5.41, 5.74) is 5.51. The topological polar surface area (TPSA) is 77.8 Å². The number of aliphatic hydroxyl groups excluding tert-OH is 2. The van der Waals surface area contributed by atoms with Crippen molar-refractivity contribution in [1.82, 2.24) is 0 Å². The number of rotatable bonds is 8. The Bertz CT molecular complexity index is 754. The highest BCUT2D eigenvalue weighted by molar-refractivity contribution is 5.81. The van der Waals surface area contributed by atoms with Gasteiger partial charge in [0, 0.05) is 6.42 Å². The van der Waals surface area contributed by atoms with Crippen LogP contribution >= 0.6 is 0 Å². The average Bonchev–Trinajstić information content (AvgIpc) is 2.60. The molecule has 4 heteroatoms. The van der Waals surface area contributed by atoms with E-state index in [-0.39, 0.29) is 12.8 Å². The molecule has 4 nitrogen and oxygen atoms in total. The Kier molecular flexibility index (Phi) is 7.53. The van der Waals surface area contributed by atoms with E-state index < -0.39 is 18.2 Å². The summed E-state index contributed by atoms with van der Waals surface area (Å²) in [4.78, 5) is 10.6. The third-order valence-electron chi connectivity index (χ3n) is 4.25. The first-order chi connectivity index (χ1) is 12.8. The molecule has 0 saturated heterocycles. The quantitative estimate of drug-likeness (QED) is 0.620. The Hall–Kier alpha value is -2.69. The molecule has 27 heavy (non-hydrogen) atoms. The fourth-order valence-electron chi connectivity index (χ4n) is 2.75. The zero-order valence-corrected chi connectivity index (χ0v) is 15.7. The molecule has 0 aromatic heterocycles. The molecule has 0 fully saturated rings. The minimum Gasteiger partial charge on any atom is -0.481 e. The van der Waals surface area contributed by atoms with E-state index in [1.807, 2.05) is 19.9 Å². The van der Waals surface area contributed by atoms with Crippen LogP contribution in [0.25, 0.3) is 5.57 Å². The summed E-state index contributed by atoms with van der Waals surface area (Å²) in [5, 5.41) is 28.3. The second kappa shape index (κ2) is 9.86. The molecule has 2 rings (SSSR count). The lowest BCUT2D eigenvalue weighted by atomic mass is 9.96. The van der Waals surface area contributed by atoms with Crippen molar-refractivity contribution in [2.24, 2.45) is 0 Å². The molecular formula is C23H26O4. The van der Waals surface area contributed by atoms with Crippen LogP contribution in [0.2, 0.25) is 0 Å². The number of carboxylic acid groups (broad SMARTS) is 1. The van der Waals surface area contributed by atoms with Gasteiger partial charge in [0.15, 0.2) is 0 Å². The van der Waals surface area contributed by atoms with Crippen molar-refractivity contribution in [2.75, 3.05) is 0 Å². The van der Waals surface area contributed by atoms with Crippen molar-refractivity contribution in [3.8, 4) is 0 Å². The Labute approximate surface area is 160 Å². The normalized spacial score (nSPS) is 13.3. The highest BCUT2D eigenvalue weighted by Gasteiger charge is 2.13. The second-order valence-electron chi connectivity index (χ2n) is 6.75. The van der Waals surface area contributed by atoms with Crippen LogP contribution in [-0.2, 0) is 4.79 Å². The van der Waals surface area contributed by atoms with E-state index in [9.17, 15) is 15.0 Å². The van der Waals surface area contributed by atoms with E-state index in [0.717, 1.165) is 16.7 Å². The maximum Gasteiger partial charge on any atom is 0.305 e. The maximum atomic E-state index is 10.6. The van der Waals surface area contributed by atoms with Crippen molar-refractivity contribution in [3.63, 3.8) is 0 Å². The van der Waals surface area contributed by atoms with Crippen molar-refractivity contribution in [3.05, 3.63) is 89.0 Å². The van der Waals surface area contributed by atoms with Gasteiger partial charge in [-0.1, -0.05) is 77.9 Å². The molecule has 0 aliphatic rings. The molecular weight excluding hydrogens is 340 g/mol. The van der Waals surface area contributed by atoms with Crippen LogP contribution in [0.4, 0.5) is 0 Å². The van der Waals surface area contributed by atoms with Gasteiger partial charge in [-0.15, -0.1) is 0 Å². The van der Waals surface area contributed by atoms with Crippen LogP contribution in [0.5, 0.6) is 0 Å². The van der Waals surface area contributed by atoms with Crippen molar-refractivity contribution in [2.45, 2.75) is 38.9 Å². The monoisotopic (exact) mass is 366 g/mol. The molecule has 0 saturated carbocycles. The molecule has 0 spiro atoms. The zero-order valence-electron chi connectivity index (χ0n) is 15.7. The predicted octanol–water partition coefficient (Wildman–Crippen LogP) is 3.88. The molecule has 3 N–H and O–H groups in total. The Morgan fingerprint density at radius 2 is 1.41 bits per heavy atom. The van der Waals surface area contributed by atoms with Gasteiger partial charge in [-0.05, 0) is 30.5 Å². The van der Waals surface area contributed by atoms with Gasteiger partial charge in [-0.2, -0.15) is 0 Å². The number of aliphatic hydroxyl groups is 2. The lowest BCUT2D eigenvalue weighted by molar-refractivity contribution is -0.139. The van der Waals surface area contributed by atoms with Crippen LogP contribution in [-0.4, -0.2) is 33.5 Å². The van der Waals surface area contributed by atoms with Gasteiger partial charge in [0.1, 0.15) is 0 Å². The molecule has 0 bridgehead atoms. The standard InChI is InChI=1S/C23H26O4/c1-16-6-10-18(11-7-16)22(19-12-8-17(2)9-13-19)5-3-4-20(24)14-21(25)15-23(26)27/h3-13,20-21,24-25H,14-15H2,1-2H3,(H,26,27)/b4-3+/t20-,21-/m1/s1. The number of hydrogen-bond acceptors (Lipinski definition) is 3. The summed E-state index contributed by atoms with van der Waals surface area (Å²) in [7, 11) is 0. The van der Waals surface area contributed by atoms with Gasteiger partial charge >= 0.3 is 5.97 Å². The fraction of sp³-hybridized carbons (Fsp3) is 0.261. The Balaban J connectivity index is 2.21. The highest BCUT2D eigenvalue weighted by atomic mass is 16.4. The third-order valence-corrected chi connectivity index (χ3v) is 4.25. The van der Waals surface area contributed by atoms with Crippen molar-refractivity contribution < 1.29 is 20.1 Å². The molecule has 0 radical (unpaired) electrons. The lowest BCUT2D eigenvalue weighted by Crippen LogP contribution is -2.19. The Morgan fingerprint density at radius 1 is 0.926 bits per heavy atom. The van der Waals surface area contributed by atoms with E-state index in [2.05, 4.69) is 48.5 Å². The van der Waals surface area contributed by atoms with Gasteiger partial charge in [0.05, 0.1) is 18.6 Å². The van der Waals surface area contributed by atoms with Gasteiger partial charge < -0.3 is 15.3 Å². The summed E-state index contributed by atoms with van der Waals surface area (Å²) in [6.07, 6.45) is 2.86. The number of aliphatic carboxylic acids is 1. The molecule has 2 aromatic carbocycles. The van der Waals surface area contributed by atoms with E-state index in [4.69, 9.17) is 5.11 Å². The molecule has 0 amide bonds. The Morgan fingerprint density at radius 3 is 1.85 bits per heavy atom. The summed E-state index contributed by atoms with van der Waals surface area (Å²) < 4.78 is 0. The van der Waals surface area contributed by atoms with Crippen LogP contribution in [0.3, 0.4) is 0 Å². The van der Waals surface area contributed by atoms with Gasteiger partial charge in [0.2, 0.25) is 0 Å². The smallest absolute Gasteiger partial charge is 0.305 e. The van der Waals surface area contributed by atoms with Crippen LogP contribution in [0.1, 0.15) is 35.1 Å². The van der Waals surface area contributed by atoms with Crippen LogP contribution in [0, 0.1) is 13.8 Å². The number of aryl methyl sites for hydroxylation is 2. The van der Waals surface area contributed by atoms with Crippen LogP contribution in [0.15, 0.2) is 66.8 Å². The second-order valence-corrected chi connectivity index (χ2v) is 6.75. The minimum atomic E-state index is -1.08.